The van der Waals surface area contributed by atoms with E-state index in [1.165, 1.54) is 0 Å². The summed E-state index contributed by atoms with van der Waals surface area (Å²) in [6, 6.07) is 3.30. The number of pyridine rings is 1. The zero-order valence-corrected chi connectivity index (χ0v) is 8.47. The lowest BCUT2D eigenvalue weighted by atomic mass is 9.74. The van der Waals surface area contributed by atoms with Crippen molar-refractivity contribution in [2.24, 2.45) is 5.92 Å². The van der Waals surface area contributed by atoms with E-state index in [-0.39, 0.29) is 5.92 Å². The molecule has 4 heteroatoms. The average molecular weight is 207 g/mol. The number of aliphatic hydroxyl groups is 1. The van der Waals surface area contributed by atoms with E-state index in [1.807, 2.05) is 0 Å². The van der Waals surface area contributed by atoms with E-state index >= 15 is 0 Å². The van der Waals surface area contributed by atoms with Crippen LogP contribution in [0.1, 0.15) is 24.6 Å². The number of aryl methyl sites for hydroxylation is 1. The molecule has 1 heterocycles. The van der Waals surface area contributed by atoms with E-state index in [0.717, 1.165) is 6.42 Å². The number of rotatable bonds is 1. The number of aliphatic carboxylic acids is 1. The lowest BCUT2D eigenvalue weighted by Gasteiger charge is -2.35. The van der Waals surface area contributed by atoms with Gasteiger partial charge in [-0.15, -0.1) is 0 Å². The van der Waals surface area contributed by atoms with Gasteiger partial charge in [0.15, 0.2) is 5.60 Å². The molecule has 2 unspecified atom stereocenters. The van der Waals surface area contributed by atoms with E-state index in [1.54, 1.807) is 25.3 Å². The molecule has 0 spiro atoms. The second-order valence-electron chi connectivity index (χ2n) is 4.01. The van der Waals surface area contributed by atoms with Crippen LogP contribution in [0.5, 0.6) is 0 Å². The van der Waals surface area contributed by atoms with Gasteiger partial charge in [0.25, 0.3) is 0 Å². The number of aromatic nitrogens is 1. The highest BCUT2D eigenvalue weighted by Gasteiger charge is 2.47. The Bertz CT molecular complexity index is 405. The summed E-state index contributed by atoms with van der Waals surface area (Å²) in [6.45, 7) is 1.75. The highest BCUT2D eigenvalue weighted by Crippen LogP contribution is 2.38. The second kappa shape index (κ2) is 3.31. The number of fused-ring (bicyclic) bond motifs is 1. The van der Waals surface area contributed by atoms with Gasteiger partial charge in [0.2, 0.25) is 0 Å². The van der Waals surface area contributed by atoms with Gasteiger partial charge in [-0.05, 0) is 18.9 Å². The minimum absolute atomic E-state index is 0.285. The summed E-state index contributed by atoms with van der Waals surface area (Å²) in [4.78, 5) is 15.3. The normalized spacial score (nSPS) is 29.6. The smallest absolute Gasteiger partial charge is 0.340 e. The predicted molar refractivity (Wildman–Crippen MR) is 53.3 cm³/mol. The number of carboxylic acid groups (broad SMARTS) is 1. The molecule has 1 aliphatic rings. The molecule has 2 N–H and O–H groups in total. The van der Waals surface area contributed by atoms with Crippen molar-refractivity contribution in [3.05, 3.63) is 29.6 Å². The van der Waals surface area contributed by atoms with E-state index < -0.39 is 11.6 Å². The van der Waals surface area contributed by atoms with Crippen LogP contribution in [-0.2, 0) is 16.8 Å². The third-order valence-electron chi connectivity index (χ3n) is 3.15. The minimum Gasteiger partial charge on any atom is -0.479 e. The lowest BCUT2D eigenvalue weighted by Crippen LogP contribution is -2.45. The van der Waals surface area contributed by atoms with Crippen LogP contribution in [0.25, 0.3) is 0 Å². The molecule has 0 fully saturated rings. The zero-order chi connectivity index (χ0) is 11.1. The van der Waals surface area contributed by atoms with E-state index in [9.17, 15) is 9.90 Å². The maximum Gasteiger partial charge on any atom is 0.340 e. The van der Waals surface area contributed by atoms with Crippen LogP contribution in [0.15, 0.2) is 18.3 Å². The molecule has 1 aromatic rings. The number of hydrogen-bond donors (Lipinski definition) is 2. The van der Waals surface area contributed by atoms with E-state index in [0.29, 0.717) is 17.7 Å². The van der Waals surface area contributed by atoms with Gasteiger partial charge in [0.05, 0.1) is 0 Å². The molecule has 80 valence electrons. The van der Waals surface area contributed by atoms with Crippen molar-refractivity contribution < 1.29 is 15.0 Å². The summed E-state index contributed by atoms with van der Waals surface area (Å²) in [7, 11) is 0. The second-order valence-corrected chi connectivity index (χ2v) is 4.01. The molecule has 2 rings (SSSR count). The van der Waals surface area contributed by atoms with Crippen LogP contribution in [-0.4, -0.2) is 21.2 Å². The molecule has 0 saturated carbocycles. The zero-order valence-electron chi connectivity index (χ0n) is 8.47. The summed E-state index contributed by atoms with van der Waals surface area (Å²) in [5, 5.41) is 19.4. The van der Waals surface area contributed by atoms with Gasteiger partial charge >= 0.3 is 5.97 Å². The van der Waals surface area contributed by atoms with Gasteiger partial charge in [-0.2, -0.15) is 0 Å². The Hall–Kier alpha value is -1.42. The molecule has 15 heavy (non-hydrogen) atoms. The Balaban J connectivity index is 2.60. The standard InChI is InChI=1S/C11H13NO3/c1-7-4-5-9-8(3-2-6-12-9)11(7,15)10(13)14/h2-3,6-7,15H,4-5H2,1H3,(H,13,14). The SMILES string of the molecule is CC1CCc2ncccc2C1(O)C(=O)O. The van der Waals surface area contributed by atoms with Crippen molar-refractivity contribution in [3.8, 4) is 0 Å². The third kappa shape index (κ3) is 1.33. The van der Waals surface area contributed by atoms with Gasteiger partial charge in [-0.25, -0.2) is 4.79 Å². The summed E-state index contributed by atoms with van der Waals surface area (Å²) in [5.41, 5.74) is -0.640. The molecule has 0 saturated heterocycles. The van der Waals surface area contributed by atoms with Gasteiger partial charge in [-0.3, -0.25) is 4.98 Å². The topological polar surface area (TPSA) is 70.4 Å². The van der Waals surface area contributed by atoms with E-state index in [4.69, 9.17) is 5.11 Å². The molecule has 4 nitrogen and oxygen atoms in total. The Labute approximate surface area is 87.6 Å². The molecular formula is C11H13NO3. The van der Waals surface area contributed by atoms with Crippen molar-refractivity contribution in [1.82, 2.24) is 4.98 Å². The van der Waals surface area contributed by atoms with Crippen LogP contribution in [0.4, 0.5) is 0 Å². The Morgan fingerprint density at radius 1 is 1.67 bits per heavy atom. The number of nitrogens with zero attached hydrogens (tertiary/aromatic N) is 1. The molecule has 1 aromatic heterocycles. The summed E-state index contributed by atoms with van der Waals surface area (Å²) >= 11 is 0. The first-order valence-electron chi connectivity index (χ1n) is 4.97. The quantitative estimate of drug-likeness (QED) is 0.718. The summed E-state index contributed by atoms with van der Waals surface area (Å²) in [6.07, 6.45) is 3.00. The Morgan fingerprint density at radius 2 is 2.40 bits per heavy atom. The fraction of sp³-hybridized carbons (Fsp3) is 0.455. The number of hydrogen-bond acceptors (Lipinski definition) is 3. The Morgan fingerprint density at radius 3 is 3.07 bits per heavy atom. The van der Waals surface area contributed by atoms with Gasteiger partial charge in [-0.1, -0.05) is 13.0 Å². The van der Waals surface area contributed by atoms with Crippen molar-refractivity contribution >= 4 is 5.97 Å². The average Bonchev–Trinajstić information content (AvgIpc) is 2.23. The van der Waals surface area contributed by atoms with Crippen LogP contribution < -0.4 is 0 Å². The molecule has 1 aliphatic carbocycles. The third-order valence-corrected chi connectivity index (χ3v) is 3.15. The fourth-order valence-corrected chi connectivity index (χ4v) is 2.14. The van der Waals surface area contributed by atoms with Crippen molar-refractivity contribution in [3.63, 3.8) is 0 Å². The highest BCUT2D eigenvalue weighted by molar-refractivity contribution is 5.80. The Kier molecular flexibility index (Phi) is 2.23. The minimum atomic E-state index is -1.78. The first kappa shape index (κ1) is 10.1. The van der Waals surface area contributed by atoms with E-state index in [2.05, 4.69) is 4.98 Å². The highest BCUT2D eigenvalue weighted by atomic mass is 16.4. The first-order valence-corrected chi connectivity index (χ1v) is 4.97. The van der Waals surface area contributed by atoms with Crippen LogP contribution >= 0.6 is 0 Å². The van der Waals surface area contributed by atoms with Crippen LogP contribution in [0.3, 0.4) is 0 Å². The maximum absolute atomic E-state index is 11.2. The van der Waals surface area contributed by atoms with Crippen LogP contribution in [0.2, 0.25) is 0 Å². The molecule has 2 atom stereocenters. The van der Waals surface area contributed by atoms with Gasteiger partial charge < -0.3 is 10.2 Å². The largest absolute Gasteiger partial charge is 0.479 e. The molecule has 0 aromatic carbocycles. The first-order chi connectivity index (χ1) is 7.06. The van der Waals surface area contributed by atoms with Crippen molar-refractivity contribution in [2.45, 2.75) is 25.4 Å². The van der Waals surface area contributed by atoms with Crippen molar-refractivity contribution in [1.29, 1.82) is 0 Å². The number of carboxylic acids is 1. The molecule has 0 radical (unpaired) electrons. The van der Waals surface area contributed by atoms with Crippen LogP contribution in [0, 0.1) is 5.92 Å². The molecular weight excluding hydrogens is 194 g/mol. The monoisotopic (exact) mass is 207 g/mol. The van der Waals surface area contributed by atoms with Crippen molar-refractivity contribution in [2.75, 3.05) is 0 Å². The molecule has 0 bridgehead atoms. The summed E-state index contributed by atoms with van der Waals surface area (Å²) < 4.78 is 0. The lowest BCUT2D eigenvalue weighted by molar-refractivity contribution is -0.167. The van der Waals surface area contributed by atoms with Gasteiger partial charge in [0, 0.05) is 23.4 Å². The number of carbonyl (C=O) groups is 1. The predicted octanol–water partition coefficient (Wildman–Crippen LogP) is 0.936. The summed E-state index contributed by atoms with van der Waals surface area (Å²) in [5.74, 6) is -1.48. The maximum atomic E-state index is 11.2. The fourth-order valence-electron chi connectivity index (χ4n) is 2.14. The van der Waals surface area contributed by atoms with Gasteiger partial charge in [0.1, 0.15) is 0 Å². The molecule has 0 aliphatic heterocycles. The molecule has 0 amide bonds.